The van der Waals surface area contributed by atoms with Gasteiger partial charge in [0.1, 0.15) is 22.9 Å². The normalized spacial score (nSPS) is 23.9. The van der Waals surface area contributed by atoms with E-state index in [1.807, 2.05) is 0 Å². The Balaban J connectivity index is 1.81. The van der Waals surface area contributed by atoms with E-state index >= 15 is 0 Å². The number of carbonyl (C=O) groups excluding carboxylic acids is 2. The van der Waals surface area contributed by atoms with Crippen LogP contribution in [0.2, 0.25) is 0 Å². The lowest BCUT2D eigenvalue weighted by Crippen LogP contribution is -2.47. The summed E-state index contributed by atoms with van der Waals surface area (Å²) in [5.74, 6) is -2.45. The Morgan fingerprint density at radius 1 is 1.30 bits per heavy atom. The van der Waals surface area contributed by atoms with Gasteiger partial charge in [0.25, 0.3) is 5.91 Å². The Bertz CT molecular complexity index is 642. The molecule has 0 bridgehead atoms. The molecule has 0 aliphatic carbocycles. The molecule has 1 aromatic rings. The van der Waals surface area contributed by atoms with Crippen LogP contribution in [0.3, 0.4) is 0 Å². The topological polar surface area (TPSA) is 49.9 Å². The fourth-order valence-electron chi connectivity index (χ4n) is 3.50. The van der Waals surface area contributed by atoms with Crippen LogP contribution in [0.1, 0.15) is 23.2 Å². The zero-order chi connectivity index (χ0) is 16.7. The molecule has 5 nitrogen and oxygen atoms in total. The number of benzene rings is 1. The molecule has 2 aliphatic heterocycles. The van der Waals surface area contributed by atoms with Crippen molar-refractivity contribution in [2.45, 2.75) is 18.9 Å². The molecule has 0 unspecified atom stereocenters. The molecule has 7 heteroatoms. The van der Waals surface area contributed by atoms with E-state index in [1.165, 1.54) is 12.0 Å². The summed E-state index contributed by atoms with van der Waals surface area (Å²) >= 11 is 0. The average molecular weight is 324 g/mol. The number of amides is 2. The van der Waals surface area contributed by atoms with Crippen LogP contribution >= 0.6 is 0 Å². The van der Waals surface area contributed by atoms with Gasteiger partial charge >= 0.3 is 0 Å². The molecule has 2 heterocycles. The van der Waals surface area contributed by atoms with Crippen molar-refractivity contribution < 1.29 is 23.1 Å². The molecule has 0 N–H and O–H groups in total. The Morgan fingerprint density at radius 2 is 1.96 bits per heavy atom. The predicted molar refractivity (Wildman–Crippen MR) is 78.1 cm³/mol. The van der Waals surface area contributed by atoms with Crippen LogP contribution < -0.4 is 4.74 Å². The summed E-state index contributed by atoms with van der Waals surface area (Å²) in [7, 11) is 3.06. The number of halogens is 2. The first-order valence-electron chi connectivity index (χ1n) is 7.50. The zero-order valence-electron chi connectivity index (χ0n) is 13.0. The van der Waals surface area contributed by atoms with E-state index in [-0.39, 0.29) is 23.6 Å². The molecule has 1 aromatic carbocycles. The maximum Gasteiger partial charge on any atom is 0.259 e. The van der Waals surface area contributed by atoms with Crippen LogP contribution in [0.5, 0.6) is 5.75 Å². The van der Waals surface area contributed by atoms with Crippen LogP contribution in [0.25, 0.3) is 0 Å². The summed E-state index contributed by atoms with van der Waals surface area (Å²) in [6.07, 6.45) is 0.997. The van der Waals surface area contributed by atoms with Crippen molar-refractivity contribution in [3.8, 4) is 5.75 Å². The minimum Gasteiger partial charge on any atom is -0.497 e. The first kappa shape index (κ1) is 15.7. The minimum absolute atomic E-state index is 0.0228. The number of rotatable bonds is 2. The molecule has 0 aromatic heterocycles. The van der Waals surface area contributed by atoms with Crippen molar-refractivity contribution in [2.24, 2.45) is 5.92 Å². The molecule has 0 saturated carbocycles. The molecule has 2 fully saturated rings. The molecule has 2 amide bonds. The highest BCUT2D eigenvalue weighted by atomic mass is 19.1. The molecule has 23 heavy (non-hydrogen) atoms. The van der Waals surface area contributed by atoms with Gasteiger partial charge in [0.15, 0.2) is 0 Å². The van der Waals surface area contributed by atoms with Crippen LogP contribution in [-0.4, -0.2) is 54.9 Å². The Kier molecular flexibility index (Phi) is 3.95. The molecular formula is C16H18F2N2O3. The fourth-order valence-corrected chi connectivity index (χ4v) is 3.50. The lowest BCUT2D eigenvalue weighted by molar-refractivity contribution is -0.127. The minimum atomic E-state index is -0.936. The Hall–Kier alpha value is -2.18. The van der Waals surface area contributed by atoms with E-state index in [0.29, 0.717) is 25.9 Å². The maximum absolute atomic E-state index is 14.1. The van der Waals surface area contributed by atoms with Gasteiger partial charge in [-0.2, -0.15) is 0 Å². The predicted octanol–water partition coefficient (Wildman–Crippen LogP) is 1.67. The molecule has 0 spiro atoms. The average Bonchev–Trinajstić information content (AvgIpc) is 2.80. The van der Waals surface area contributed by atoms with Gasteiger partial charge in [-0.1, -0.05) is 0 Å². The van der Waals surface area contributed by atoms with Crippen molar-refractivity contribution in [2.75, 3.05) is 27.2 Å². The number of likely N-dealkylation sites (tertiary alicyclic amines) is 2. The number of ether oxygens (including phenoxy) is 1. The van der Waals surface area contributed by atoms with E-state index in [1.54, 1.807) is 11.9 Å². The summed E-state index contributed by atoms with van der Waals surface area (Å²) in [6, 6.07) is 2.10. The van der Waals surface area contributed by atoms with Gasteiger partial charge in [-0.25, -0.2) is 8.78 Å². The summed E-state index contributed by atoms with van der Waals surface area (Å²) in [4.78, 5) is 27.4. The molecular weight excluding hydrogens is 306 g/mol. The maximum atomic E-state index is 14.1. The van der Waals surface area contributed by atoms with Gasteiger partial charge in [0, 0.05) is 50.7 Å². The lowest BCUT2D eigenvalue weighted by atomic mass is 9.92. The van der Waals surface area contributed by atoms with Gasteiger partial charge in [0.05, 0.1) is 7.11 Å². The number of hydrogen-bond donors (Lipinski definition) is 0. The SMILES string of the molecule is COc1cc(F)c(C(=O)N2CC[C@H]3[C@H](CC(=O)N3C)C2)c(F)c1. The highest BCUT2D eigenvalue weighted by Gasteiger charge is 2.42. The molecule has 2 aliphatic rings. The molecule has 124 valence electrons. The summed E-state index contributed by atoms with van der Waals surface area (Å²) in [5, 5.41) is 0. The van der Waals surface area contributed by atoms with Crippen LogP contribution in [0, 0.1) is 17.6 Å². The van der Waals surface area contributed by atoms with Gasteiger partial charge in [-0.15, -0.1) is 0 Å². The van der Waals surface area contributed by atoms with Crippen molar-refractivity contribution in [1.29, 1.82) is 0 Å². The van der Waals surface area contributed by atoms with Crippen LogP contribution in [-0.2, 0) is 4.79 Å². The van der Waals surface area contributed by atoms with Crippen LogP contribution in [0.15, 0.2) is 12.1 Å². The smallest absolute Gasteiger partial charge is 0.259 e. The molecule has 3 rings (SSSR count). The van der Waals surface area contributed by atoms with Gasteiger partial charge < -0.3 is 14.5 Å². The second-order valence-corrected chi connectivity index (χ2v) is 6.04. The van der Waals surface area contributed by atoms with E-state index in [4.69, 9.17) is 4.74 Å². The molecule has 2 saturated heterocycles. The van der Waals surface area contributed by atoms with E-state index < -0.39 is 23.1 Å². The quantitative estimate of drug-likeness (QED) is 0.831. The second-order valence-electron chi connectivity index (χ2n) is 6.04. The van der Waals surface area contributed by atoms with Crippen molar-refractivity contribution in [3.05, 3.63) is 29.3 Å². The Morgan fingerprint density at radius 3 is 2.57 bits per heavy atom. The largest absolute Gasteiger partial charge is 0.497 e. The van der Waals surface area contributed by atoms with Gasteiger partial charge in [-0.3, -0.25) is 9.59 Å². The van der Waals surface area contributed by atoms with Crippen LogP contribution in [0.4, 0.5) is 8.78 Å². The Labute approximate surface area is 132 Å². The highest BCUT2D eigenvalue weighted by molar-refractivity contribution is 5.95. The summed E-state index contributed by atoms with van der Waals surface area (Å²) in [6.45, 7) is 0.715. The van der Waals surface area contributed by atoms with Gasteiger partial charge in [0.2, 0.25) is 5.91 Å². The fraction of sp³-hybridized carbons (Fsp3) is 0.500. The number of piperidine rings is 1. The monoisotopic (exact) mass is 324 g/mol. The summed E-state index contributed by atoms with van der Waals surface area (Å²) in [5.41, 5.74) is -0.568. The van der Waals surface area contributed by atoms with E-state index in [2.05, 4.69) is 0 Å². The third-order valence-corrected chi connectivity index (χ3v) is 4.77. The van der Waals surface area contributed by atoms with Crippen molar-refractivity contribution in [1.82, 2.24) is 9.80 Å². The molecule has 2 atom stereocenters. The van der Waals surface area contributed by atoms with Gasteiger partial charge in [-0.05, 0) is 6.42 Å². The number of methoxy groups -OCH3 is 1. The van der Waals surface area contributed by atoms with Crippen molar-refractivity contribution in [3.63, 3.8) is 0 Å². The first-order valence-corrected chi connectivity index (χ1v) is 7.50. The lowest BCUT2D eigenvalue weighted by Gasteiger charge is -2.36. The number of carbonyl (C=O) groups is 2. The number of hydrogen-bond acceptors (Lipinski definition) is 3. The third kappa shape index (κ3) is 2.64. The number of fused-ring (bicyclic) bond motifs is 1. The summed E-state index contributed by atoms with van der Waals surface area (Å²) < 4.78 is 32.9. The molecule has 0 radical (unpaired) electrons. The van der Waals surface area contributed by atoms with Crippen molar-refractivity contribution >= 4 is 11.8 Å². The van der Waals surface area contributed by atoms with E-state index in [9.17, 15) is 18.4 Å². The third-order valence-electron chi connectivity index (χ3n) is 4.77. The first-order chi connectivity index (χ1) is 10.9. The second kappa shape index (κ2) is 5.79. The highest BCUT2D eigenvalue weighted by Crippen LogP contribution is 2.32. The zero-order valence-corrected chi connectivity index (χ0v) is 13.0. The standard InChI is InChI=1S/C16H18F2N2O3/c1-19-13-3-4-20(8-9(13)5-14(19)21)16(22)15-11(17)6-10(23-2)7-12(15)18/h6-7,9,13H,3-5,8H2,1-2H3/t9-,13+/m1/s1. The van der Waals surface area contributed by atoms with E-state index in [0.717, 1.165) is 12.1 Å². The number of nitrogens with zero attached hydrogens (tertiary/aromatic N) is 2.